The molecule has 0 fully saturated rings. The number of fused-ring (bicyclic) bond motifs is 2. The van der Waals surface area contributed by atoms with Gasteiger partial charge in [-0.05, 0) is 48.1 Å². The van der Waals surface area contributed by atoms with Gasteiger partial charge in [-0.15, -0.1) is 0 Å². The number of aliphatic hydroxyl groups excluding tert-OH is 1. The van der Waals surface area contributed by atoms with Crippen LogP contribution in [-0.4, -0.2) is 22.1 Å². The lowest BCUT2D eigenvalue weighted by molar-refractivity contribution is 0.104. The van der Waals surface area contributed by atoms with Gasteiger partial charge >= 0.3 is 0 Å². The van der Waals surface area contributed by atoms with Crippen LogP contribution in [-0.2, 0) is 13.0 Å². The fraction of sp³-hybridized carbons (Fsp3) is 0.269. The number of benzene rings is 3. The van der Waals surface area contributed by atoms with Gasteiger partial charge in [0, 0.05) is 41.4 Å². The molecule has 0 saturated carbocycles. The molecule has 0 aliphatic carbocycles. The molecule has 4 aromatic rings. The number of aryl methyl sites for hydroxylation is 2. The van der Waals surface area contributed by atoms with Crippen molar-refractivity contribution >= 4 is 27.5 Å². The topological polar surface area (TPSA) is 42.2 Å². The molecule has 0 saturated heterocycles. The molecule has 0 unspecified atom stereocenters. The zero-order valence-electron chi connectivity index (χ0n) is 16.9. The van der Waals surface area contributed by atoms with Crippen molar-refractivity contribution in [2.45, 2.75) is 39.2 Å². The number of hydrogen-bond donors (Lipinski definition) is 1. The molecule has 0 radical (unpaired) electrons. The lowest BCUT2D eigenvalue weighted by atomic mass is 9.93. The molecular weight excluding hydrogens is 358 g/mol. The van der Waals surface area contributed by atoms with E-state index in [4.69, 9.17) is 5.11 Å². The number of aromatic nitrogens is 1. The summed E-state index contributed by atoms with van der Waals surface area (Å²) in [4.78, 5) is 13.6. The Kier molecular flexibility index (Phi) is 5.77. The molecule has 0 aliphatic heterocycles. The Morgan fingerprint density at radius 2 is 1.55 bits per heavy atom. The summed E-state index contributed by atoms with van der Waals surface area (Å²) >= 11 is 0. The van der Waals surface area contributed by atoms with Crippen LogP contribution in [0.2, 0.25) is 0 Å². The van der Waals surface area contributed by atoms with Crippen LogP contribution in [0.15, 0.2) is 66.9 Å². The van der Waals surface area contributed by atoms with Gasteiger partial charge in [0.05, 0.1) is 0 Å². The predicted octanol–water partition coefficient (Wildman–Crippen LogP) is 5.75. The van der Waals surface area contributed by atoms with E-state index in [1.165, 1.54) is 5.56 Å². The van der Waals surface area contributed by atoms with E-state index >= 15 is 0 Å². The second-order valence-electron chi connectivity index (χ2n) is 7.54. The summed E-state index contributed by atoms with van der Waals surface area (Å²) in [6, 6.07) is 20.4. The minimum absolute atomic E-state index is 0.0779. The number of rotatable bonds is 8. The molecule has 1 heterocycles. The number of hydrogen-bond acceptors (Lipinski definition) is 2. The average Bonchev–Trinajstić information content (AvgIpc) is 3.14. The van der Waals surface area contributed by atoms with Crippen molar-refractivity contribution in [2.75, 3.05) is 6.61 Å². The maximum Gasteiger partial charge on any atom is 0.195 e. The van der Waals surface area contributed by atoms with Crippen molar-refractivity contribution in [1.82, 2.24) is 4.57 Å². The normalized spacial score (nSPS) is 11.4. The van der Waals surface area contributed by atoms with Crippen molar-refractivity contribution in [1.29, 1.82) is 0 Å². The molecule has 3 nitrogen and oxygen atoms in total. The zero-order valence-corrected chi connectivity index (χ0v) is 16.9. The molecular formula is C26H27NO2. The smallest absolute Gasteiger partial charge is 0.195 e. The Hall–Kier alpha value is -2.91. The van der Waals surface area contributed by atoms with E-state index in [9.17, 15) is 4.79 Å². The summed E-state index contributed by atoms with van der Waals surface area (Å²) < 4.78 is 2.18. The monoisotopic (exact) mass is 385 g/mol. The average molecular weight is 386 g/mol. The number of carbonyl (C=O) groups excluding carboxylic acids is 1. The molecule has 148 valence electrons. The van der Waals surface area contributed by atoms with Crippen molar-refractivity contribution in [3.05, 3.63) is 83.6 Å². The molecule has 0 amide bonds. The van der Waals surface area contributed by atoms with Crippen LogP contribution < -0.4 is 0 Å². The first-order valence-corrected chi connectivity index (χ1v) is 10.5. The van der Waals surface area contributed by atoms with Gasteiger partial charge in [0.2, 0.25) is 0 Å². The van der Waals surface area contributed by atoms with Crippen LogP contribution in [0.4, 0.5) is 0 Å². The van der Waals surface area contributed by atoms with Gasteiger partial charge in [-0.2, -0.15) is 0 Å². The van der Waals surface area contributed by atoms with E-state index in [1.54, 1.807) is 0 Å². The Balaban J connectivity index is 1.77. The van der Waals surface area contributed by atoms with Gasteiger partial charge in [0.25, 0.3) is 0 Å². The van der Waals surface area contributed by atoms with Crippen LogP contribution >= 0.6 is 0 Å². The van der Waals surface area contributed by atoms with Crippen molar-refractivity contribution in [3.8, 4) is 0 Å². The van der Waals surface area contributed by atoms with Crippen LogP contribution in [0.3, 0.4) is 0 Å². The van der Waals surface area contributed by atoms with E-state index in [-0.39, 0.29) is 12.4 Å². The van der Waals surface area contributed by atoms with Crippen LogP contribution in [0.25, 0.3) is 21.7 Å². The molecule has 3 heteroatoms. The molecule has 29 heavy (non-hydrogen) atoms. The summed E-state index contributed by atoms with van der Waals surface area (Å²) in [5, 5.41) is 12.2. The minimum Gasteiger partial charge on any atom is -0.396 e. The Morgan fingerprint density at radius 3 is 2.31 bits per heavy atom. The number of ketones is 1. The number of para-hydroxylation sites is 1. The van der Waals surface area contributed by atoms with Gasteiger partial charge in [0.1, 0.15) is 0 Å². The van der Waals surface area contributed by atoms with Crippen molar-refractivity contribution < 1.29 is 9.90 Å². The largest absolute Gasteiger partial charge is 0.396 e. The molecule has 3 aromatic carbocycles. The molecule has 0 spiro atoms. The Labute approximate surface area is 171 Å². The Morgan fingerprint density at radius 1 is 0.828 bits per heavy atom. The van der Waals surface area contributed by atoms with Gasteiger partial charge in [-0.3, -0.25) is 4.79 Å². The van der Waals surface area contributed by atoms with Gasteiger partial charge in [-0.25, -0.2) is 0 Å². The third-order valence-electron chi connectivity index (χ3n) is 5.73. The molecule has 1 N–H and O–H groups in total. The highest BCUT2D eigenvalue weighted by Gasteiger charge is 2.19. The van der Waals surface area contributed by atoms with E-state index in [2.05, 4.69) is 35.8 Å². The van der Waals surface area contributed by atoms with E-state index in [0.29, 0.717) is 0 Å². The fourth-order valence-corrected chi connectivity index (χ4v) is 4.20. The summed E-state index contributed by atoms with van der Waals surface area (Å²) in [5.74, 6) is 0.0779. The van der Waals surface area contributed by atoms with Gasteiger partial charge < -0.3 is 9.67 Å². The third-order valence-corrected chi connectivity index (χ3v) is 5.73. The quantitative estimate of drug-likeness (QED) is 0.310. The molecule has 4 rings (SSSR count). The zero-order chi connectivity index (χ0) is 20.2. The highest BCUT2D eigenvalue weighted by molar-refractivity contribution is 6.21. The minimum atomic E-state index is 0.0779. The summed E-state index contributed by atoms with van der Waals surface area (Å²) in [6.45, 7) is 3.23. The number of unbranched alkanes of at least 4 members (excludes halogenated alkanes) is 2. The highest BCUT2D eigenvalue weighted by atomic mass is 16.2. The third kappa shape index (κ3) is 3.70. The second-order valence-corrected chi connectivity index (χ2v) is 7.54. The van der Waals surface area contributed by atoms with Crippen LogP contribution in [0.1, 0.15) is 47.7 Å². The first kappa shape index (κ1) is 19.4. The number of aliphatic hydroxyl groups is 1. The van der Waals surface area contributed by atoms with Gasteiger partial charge in [-0.1, -0.05) is 61.5 Å². The van der Waals surface area contributed by atoms with Crippen molar-refractivity contribution in [2.24, 2.45) is 0 Å². The first-order valence-electron chi connectivity index (χ1n) is 10.5. The molecule has 0 atom stereocenters. The summed E-state index contributed by atoms with van der Waals surface area (Å²) in [5.41, 5.74) is 3.89. The second kappa shape index (κ2) is 8.62. The van der Waals surface area contributed by atoms with E-state index in [1.807, 2.05) is 42.6 Å². The maximum atomic E-state index is 13.6. The highest BCUT2D eigenvalue weighted by Crippen LogP contribution is 2.29. The van der Waals surface area contributed by atoms with Crippen LogP contribution in [0, 0.1) is 0 Å². The molecule has 0 bridgehead atoms. The van der Waals surface area contributed by atoms with E-state index < -0.39 is 0 Å². The maximum absolute atomic E-state index is 13.6. The first-order chi connectivity index (χ1) is 14.2. The van der Waals surface area contributed by atoms with Crippen LogP contribution in [0.5, 0.6) is 0 Å². The lowest BCUT2D eigenvalue weighted by Crippen LogP contribution is -2.03. The van der Waals surface area contributed by atoms with E-state index in [0.717, 1.165) is 65.0 Å². The number of nitrogens with zero attached hydrogens (tertiary/aromatic N) is 1. The number of carbonyl (C=O) groups is 1. The summed E-state index contributed by atoms with van der Waals surface area (Å²) in [6.07, 6.45) is 5.74. The van der Waals surface area contributed by atoms with Crippen molar-refractivity contribution in [3.63, 3.8) is 0 Å². The molecule has 1 aromatic heterocycles. The lowest BCUT2D eigenvalue weighted by Gasteiger charge is -2.09. The summed E-state index contributed by atoms with van der Waals surface area (Å²) in [7, 11) is 0. The Bertz CT molecular complexity index is 1160. The standard InChI is InChI=1S/C26H27NO2/c1-2-19-14-15-23(21-11-5-4-10-20(19)21)26(29)24-18-27(16-8-3-9-17-28)25-13-7-6-12-22(24)25/h4-7,10-15,18,28H,2-3,8-9,16-17H2,1H3. The predicted molar refractivity (Wildman–Crippen MR) is 120 cm³/mol. The van der Waals surface area contributed by atoms with Gasteiger partial charge in [0.15, 0.2) is 5.78 Å². The SMILES string of the molecule is CCc1ccc(C(=O)c2cn(CCCCCO)c3ccccc23)c2ccccc12. The molecule has 0 aliphatic rings. The fourth-order valence-electron chi connectivity index (χ4n) is 4.20.